The molecule has 0 aliphatic carbocycles. The van der Waals surface area contributed by atoms with Crippen molar-refractivity contribution in [1.82, 2.24) is 4.90 Å². The largest absolute Gasteiger partial charge is 0.332 e. The summed E-state index contributed by atoms with van der Waals surface area (Å²) < 4.78 is 0. The SMILES string of the molecule is C[C@@H]1CCC[C@H](C)N1C(=O)C1=NN(c2ccc(Cl)cc2)C(=O)CC1. The summed E-state index contributed by atoms with van der Waals surface area (Å²) in [5.74, 6) is -0.144. The molecule has 2 amide bonds. The van der Waals surface area contributed by atoms with Gasteiger partial charge in [-0.25, -0.2) is 5.01 Å². The first kappa shape index (κ1) is 17.0. The van der Waals surface area contributed by atoms with Gasteiger partial charge in [0, 0.05) is 29.9 Å². The molecule has 0 unspecified atom stereocenters. The molecular formula is C18H22ClN3O2. The van der Waals surface area contributed by atoms with E-state index in [0.717, 1.165) is 19.3 Å². The molecule has 6 heteroatoms. The summed E-state index contributed by atoms with van der Waals surface area (Å²) in [5.41, 5.74) is 1.10. The number of carbonyl (C=O) groups excluding carboxylic acids is 2. The molecule has 0 saturated carbocycles. The minimum Gasteiger partial charge on any atom is -0.332 e. The summed E-state index contributed by atoms with van der Waals surface area (Å²) in [6, 6.07) is 7.33. The maximum atomic E-state index is 12.9. The van der Waals surface area contributed by atoms with E-state index < -0.39 is 0 Å². The third-order valence-corrected chi connectivity index (χ3v) is 5.03. The molecule has 0 spiro atoms. The third kappa shape index (κ3) is 3.31. The van der Waals surface area contributed by atoms with Gasteiger partial charge in [0.1, 0.15) is 5.71 Å². The van der Waals surface area contributed by atoms with Crippen molar-refractivity contribution in [2.24, 2.45) is 5.10 Å². The van der Waals surface area contributed by atoms with E-state index in [-0.39, 0.29) is 23.9 Å². The summed E-state index contributed by atoms with van der Waals surface area (Å²) in [7, 11) is 0. The van der Waals surface area contributed by atoms with Gasteiger partial charge in [-0.05, 0) is 57.4 Å². The van der Waals surface area contributed by atoms with Gasteiger partial charge in [0.25, 0.3) is 5.91 Å². The van der Waals surface area contributed by atoms with E-state index in [1.165, 1.54) is 5.01 Å². The average molecular weight is 348 g/mol. The highest BCUT2D eigenvalue weighted by molar-refractivity contribution is 6.40. The Balaban J connectivity index is 1.87. The molecule has 1 saturated heterocycles. The number of halogens is 1. The molecule has 0 aromatic heterocycles. The predicted molar refractivity (Wildman–Crippen MR) is 95.2 cm³/mol. The summed E-state index contributed by atoms with van der Waals surface area (Å²) in [5, 5.41) is 6.30. The molecule has 1 aromatic rings. The lowest BCUT2D eigenvalue weighted by Gasteiger charge is -2.39. The fraction of sp³-hybridized carbons (Fsp3) is 0.500. The fourth-order valence-corrected chi connectivity index (χ4v) is 3.59. The minimum absolute atomic E-state index is 0.0406. The summed E-state index contributed by atoms with van der Waals surface area (Å²) in [6.07, 6.45) is 3.88. The van der Waals surface area contributed by atoms with Crippen molar-refractivity contribution in [2.45, 2.75) is 58.0 Å². The Labute approximate surface area is 147 Å². The number of hydrogen-bond donors (Lipinski definition) is 0. The summed E-state index contributed by atoms with van der Waals surface area (Å²) >= 11 is 5.90. The molecule has 24 heavy (non-hydrogen) atoms. The number of anilines is 1. The van der Waals surface area contributed by atoms with E-state index in [0.29, 0.717) is 29.3 Å². The number of nitrogens with zero attached hydrogens (tertiary/aromatic N) is 3. The second kappa shape index (κ2) is 6.93. The molecule has 2 aliphatic rings. The summed E-state index contributed by atoms with van der Waals surface area (Å²) in [6.45, 7) is 4.16. The topological polar surface area (TPSA) is 53.0 Å². The van der Waals surface area contributed by atoms with Crippen LogP contribution in [-0.2, 0) is 9.59 Å². The fourth-order valence-electron chi connectivity index (χ4n) is 3.46. The highest BCUT2D eigenvalue weighted by Gasteiger charge is 2.34. The van der Waals surface area contributed by atoms with Crippen molar-refractivity contribution in [2.75, 3.05) is 5.01 Å². The standard InChI is InChI=1S/C18H22ClN3O2/c1-12-4-3-5-13(2)21(12)18(24)16-10-11-17(23)22(20-16)15-8-6-14(19)7-9-15/h6-9,12-13H,3-5,10-11H2,1-2H3/t12-,13+. The van der Waals surface area contributed by atoms with Gasteiger partial charge in [0.2, 0.25) is 5.91 Å². The first-order chi connectivity index (χ1) is 11.5. The van der Waals surface area contributed by atoms with Crippen LogP contribution in [-0.4, -0.2) is 34.5 Å². The molecule has 2 aliphatic heterocycles. The number of benzene rings is 1. The van der Waals surface area contributed by atoms with Crippen LogP contribution >= 0.6 is 11.6 Å². The molecule has 2 heterocycles. The van der Waals surface area contributed by atoms with Crippen molar-refractivity contribution < 1.29 is 9.59 Å². The van der Waals surface area contributed by atoms with Crippen molar-refractivity contribution >= 4 is 34.8 Å². The van der Waals surface area contributed by atoms with Crippen LogP contribution in [0.3, 0.4) is 0 Å². The van der Waals surface area contributed by atoms with E-state index in [1.54, 1.807) is 24.3 Å². The van der Waals surface area contributed by atoms with Gasteiger partial charge >= 0.3 is 0 Å². The van der Waals surface area contributed by atoms with Crippen LogP contribution in [0.2, 0.25) is 5.02 Å². The van der Waals surface area contributed by atoms with E-state index in [4.69, 9.17) is 11.6 Å². The molecule has 1 aromatic carbocycles. The monoisotopic (exact) mass is 347 g/mol. The Hall–Kier alpha value is -1.88. The van der Waals surface area contributed by atoms with Crippen LogP contribution in [0.25, 0.3) is 0 Å². The molecule has 128 valence electrons. The van der Waals surface area contributed by atoms with Crippen LogP contribution in [0.4, 0.5) is 5.69 Å². The van der Waals surface area contributed by atoms with Crippen LogP contribution in [0.5, 0.6) is 0 Å². The Morgan fingerprint density at radius 2 is 1.75 bits per heavy atom. The van der Waals surface area contributed by atoms with Gasteiger partial charge < -0.3 is 4.90 Å². The maximum Gasteiger partial charge on any atom is 0.270 e. The number of likely N-dealkylation sites (tertiary alicyclic amines) is 1. The minimum atomic E-state index is -0.103. The summed E-state index contributed by atoms with van der Waals surface area (Å²) in [4.78, 5) is 27.1. The van der Waals surface area contributed by atoms with Gasteiger partial charge in [0.15, 0.2) is 0 Å². The molecule has 0 radical (unpaired) electrons. The second-order valence-corrected chi connectivity index (χ2v) is 7.01. The van der Waals surface area contributed by atoms with Crippen molar-refractivity contribution in [3.05, 3.63) is 29.3 Å². The molecule has 0 bridgehead atoms. The molecular weight excluding hydrogens is 326 g/mol. The predicted octanol–water partition coefficient (Wildman–Crippen LogP) is 3.61. The van der Waals surface area contributed by atoms with Crippen LogP contribution in [0.15, 0.2) is 29.4 Å². The Morgan fingerprint density at radius 3 is 2.38 bits per heavy atom. The second-order valence-electron chi connectivity index (χ2n) is 6.57. The van der Waals surface area contributed by atoms with Gasteiger partial charge in [-0.2, -0.15) is 5.10 Å². The lowest BCUT2D eigenvalue weighted by Crippen LogP contribution is -2.51. The Morgan fingerprint density at radius 1 is 1.12 bits per heavy atom. The third-order valence-electron chi connectivity index (χ3n) is 4.78. The van der Waals surface area contributed by atoms with Crippen LogP contribution in [0, 0.1) is 0 Å². The quantitative estimate of drug-likeness (QED) is 0.820. The Bertz CT molecular complexity index is 661. The van der Waals surface area contributed by atoms with E-state index in [1.807, 2.05) is 4.90 Å². The number of hydrazone groups is 1. The lowest BCUT2D eigenvalue weighted by molar-refractivity contribution is -0.130. The van der Waals surface area contributed by atoms with Gasteiger partial charge in [0.05, 0.1) is 5.69 Å². The first-order valence-corrected chi connectivity index (χ1v) is 8.84. The average Bonchev–Trinajstić information content (AvgIpc) is 2.56. The zero-order valence-corrected chi connectivity index (χ0v) is 14.8. The molecule has 2 atom stereocenters. The first-order valence-electron chi connectivity index (χ1n) is 8.46. The Kier molecular flexibility index (Phi) is 4.90. The molecule has 1 fully saturated rings. The number of carbonyl (C=O) groups is 2. The van der Waals surface area contributed by atoms with Crippen molar-refractivity contribution in [1.29, 1.82) is 0 Å². The maximum absolute atomic E-state index is 12.9. The highest BCUT2D eigenvalue weighted by Crippen LogP contribution is 2.26. The van der Waals surface area contributed by atoms with Gasteiger partial charge in [-0.1, -0.05) is 11.6 Å². The van der Waals surface area contributed by atoms with Crippen molar-refractivity contribution in [3.63, 3.8) is 0 Å². The molecule has 3 rings (SSSR count). The smallest absolute Gasteiger partial charge is 0.270 e. The zero-order chi connectivity index (χ0) is 17.3. The van der Waals surface area contributed by atoms with Gasteiger partial charge in [-0.15, -0.1) is 0 Å². The van der Waals surface area contributed by atoms with Gasteiger partial charge in [-0.3, -0.25) is 9.59 Å². The van der Waals surface area contributed by atoms with Crippen LogP contribution < -0.4 is 5.01 Å². The van der Waals surface area contributed by atoms with E-state index >= 15 is 0 Å². The van der Waals surface area contributed by atoms with Crippen LogP contribution in [0.1, 0.15) is 46.0 Å². The highest BCUT2D eigenvalue weighted by atomic mass is 35.5. The number of hydrogen-bond acceptors (Lipinski definition) is 3. The number of rotatable bonds is 2. The lowest BCUT2D eigenvalue weighted by atomic mass is 9.96. The van der Waals surface area contributed by atoms with E-state index in [2.05, 4.69) is 18.9 Å². The number of amides is 2. The molecule has 5 nitrogen and oxygen atoms in total. The zero-order valence-electron chi connectivity index (χ0n) is 14.0. The number of piperidine rings is 1. The van der Waals surface area contributed by atoms with E-state index in [9.17, 15) is 9.59 Å². The molecule has 0 N–H and O–H groups in total. The van der Waals surface area contributed by atoms with Crippen molar-refractivity contribution in [3.8, 4) is 0 Å². The normalized spacial score (nSPS) is 24.8.